The SMILES string of the molecule is CC(C)=CCOc1cc(O)c2c(c1)OC(c1ccc(Cl)cc1)CC2=O. The number of ketones is 1. The average molecular weight is 359 g/mol. The van der Waals surface area contributed by atoms with Gasteiger partial charge in [0.2, 0.25) is 0 Å². The summed E-state index contributed by atoms with van der Waals surface area (Å²) in [5.74, 6) is 0.514. The van der Waals surface area contributed by atoms with E-state index in [0.29, 0.717) is 23.1 Å². The standard InChI is InChI=1S/C20H19ClO4/c1-12(2)7-8-24-15-9-16(22)20-17(23)11-18(25-19(20)10-15)13-3-5-14(21)6-4-13/h3-7,9-10,18,22H,8,11H2,1-2H3. The monoisotopic (exact) mass is 358 g/mol. The number of hydrogen-bond acceptors (Lipinski definition) is 4. The molecule has 0 saturated carbocycles. The minimum atomic E-state index is -0.412. The van der Waals surface area contributed by atoms with Crippen molar-refractivity contribution in [3.8, 4) is 17.2 Å². The molecule has 0 amide bonds. The van der Waals surface area contributed by atoms with Crippen LogP contribution in [-0.4, -0.2) is 17.5 Å². The van der Waals surface area contributed by atoms with Crippen molar-refractivity contribution in [2.45, 2.75) is 26.4 Å². The number of allylic oxidation sites excluding steroid dienone is 1. The summed E-state index contributed by atoms with van der Waals surface area (Å²) in [5, 5.41) is 10.8. The molecule has 25 heavy (non-hydrogen) atoms. The van der Waals surface area contributed by atoms with Crippen molar-refractivity contribution in [3.63, 3.8) is 0 Å². The number of phenolic OH excluding ortho intramolecular Hbond substituents is 1. The van der Waals surface area contributed by atoms with Crippen molar-refractivity contribution in [1.29, 1.82) is 0 Å². The Hall–Kier alpha value is -2.46. The van der Waals surface area contributed by atoms with Crippen molar-refractivity contribution < 1.29 is 19.4 Å². The lowest BCUT2D eigenvalue weighted by molar-refractivity contribution is 0.0844. The van der Waals surface area contributed by atoms with E-state index in [1.54, 1.807) is 18.2 Å². The van der Waals surface area contributed by atoms with Crippen LogP contribution in [0.25, 0.3) is 0 Å². The van der Waals surface area contributed by atoms with Crippen molar-refractivity contribution in [3.05, 3.63) is 64.2 Å². The van der Waals surface area contributed by atoms with E-state index in [4.69, 9.17) is 21.1 Å². The van der Waals surface area contributed by atoms with Crippen molar-refractivity contribution in [2.75, 3.05) is 6.61 Å². The van der Waals surface area contributed by atoms with Crippen molar-refractivity contribution in [1.82, 2.24) is 0 Å². The highest BCUT2D eigenvalue weighted by atomic mass is 35.5. The van der Waals surface area contributed by atoms with E-state index >= 15 is 0 Å². The van der Waals surface area contributed by atoms with Crippen LogP contribution in [0.5, 0.6) is 17.2 Å². The molecule has 1 N–H and O–H groups in total. The predicted molar refractivity (Wildman–Crippen MR) is 96.8 cm³/mol. The molecule has 2 aromatic rings. The number of carbonyl (C=O) groups is 1. The first-order valence-corrected chi connectivity index (χ1v) is 8.40. The topological polar surface area (TPSA) is 55.8 Å². The number of aromatic hydroxyl groups is 1. The number of benzene rings is 2. The number of Topliss-reactive ketones (excluding diaryl/α,β-unsaturated/α-hetero) is 1. The summed E-state index contributed by atoms with van der Waals surface area (Å²) in [6.07, 6.45) is 1.68. The summed E-state index contributed by atoms with van der Waals surface area (Å²) in [7, 11) is 0. The minimum absolute atomic E-state index is 0.121. The van der Waals surface area contributed by atoms with Gasteiger partial charge in [0.05, 0.1) is 6.42 Å². The lowest BCUT2D eigenvalue weighted by atomic mass is 9.95. The molecule has 0 fully saturated rings. The van der Waals surface area contributed by atoms with Gasteiger partial charge in [-0.3, -0.25) is 4.79 Å². The zero-order chi connectivity index (χ0) is 18.0. The van der Waals surface area contributed by atoms with Gasteiger partial charge in [0, 0.05) is 17.2 Å². The number of carbonyl (C=O) groups excluding carboxylic acids is 1. The summed E-state index contributed by atoms with van der Waals surface area (Å²) in [5.41, 5.74) is 2.20. The van der Waals surface area contributed by atoms with E-state index in [1.807, 2.05) is 32.1 Å². The highest BCUT2D eigenvalue weighted by Gasteiger charge is 2.30. The van der Waals surface area contributed by atoms with Crippen molar-refractivity contribution >= 4 is 17.4 Å². The van der Waals surface area contributed by atoms with Gasteiger partial charge < -0.3 is 14.6 Å². The lowest BCUT2D eigenvalue weighted by Gasteiger charge is -2.26. The molecule has 1 atom stereocenters. The third-order valence-electron chi connectivity index (χ3n) is 3.96. The molecular formula is C20H19ClO4. The summed E-state index contributed by atoms with van der Waals surface area (Å²) < 4.78 is 11.6. The average Bonchev–Trinajstić information content (AvgIpc) is 2.54. The maximum Gasteiger partial charge on any atom is 0.174 e. The second-order valence-corrected chi connectivity index (χ2v) is 6.63. The van der Waals surface area contributed by atoms with Crippen LogP contribution >= 0.6 is 11.6 Å². The van der Waals surface area contributed by atoms with Gasteiger partial charge >= 0.3 is 0 Å². The highest BCUT2D eigenvalue weighted by molar-refractivity contribution is 6.30. The van der Waals surface area contributed by atoms with Crippen LogP contribution in [0, 0.1) is 0 Å². The summed E-state index contributed by atoms with van der Waals surface area (Å²) in [6.45, 7) is 4.34. The maximum atomic E-state index is 12.5. The number of phenols is 1. The molecule has 1 unspecified atom stereocenters. The lowest BCUT2D eigenvalue weighted by Crippen LogP contribution is -2.20. The normalized spacial score (nSPS) is 16.0. The first-order chi connectivity index (χ1) is 11.9. The molecule has 0 spiro atoms. The van der Waals surface area contributed by atoms with E-state index in [2.05, 4.69) is 0 Å². The van der Waals surface area contributed by atoms with Gasteiger partial charge in [-0.25, -0.2) is 0 Å². The number of rotatable bonds is 4. The number of hydrogen-bond donors (Lipinski definition) is 1. The third kappa shape index (κ3) is 3.97. The summed E-state index contributed by atoms with van der Waals surface area (Å²) >= 11 is 5.91. The van der Waals surface area contributed by atoms with Gasteiger partial charge in [-0.1, -0.05) is 29.3 Å². The molecule has 0 aromatic heterocycles. The first-order valence-electron chi connectivity index (χ1n) is 8.02. The quantitative estimate of drug-likeness (QED) is 0.773. The molecule has 0 radical (unpaired) electrons. The van der Waals surface area contributed by atoms with E-state index in [-0.39, 0.29) is 23.5 Å². The Balaban J connectivity index is 1.87. The summed E-state index contributed by atoms with van der Waals surface area (Å²) in [6, 6.07) is 10.3. The molecule has 4 nitrogen and oxygen atoms in total. The Bertz CT molecular complexity index is 820. The van der Waals surface area contributed by atoms with E-state index < -0.39 is 6.10 Å². The third-order valence-corrected chi connectivity index (χ3v) is 4.21. The fourth-order valence-corrected chi connectivity index (χ4v) is 2.79. The Labute approximate surface area is 151 Å². The fraction of sp³-hybridized carbons (Fsp3) is 0.250. The molecule has 0 saturated heterocycles. The molecule has 1 heterocycles. The zero-order valence-corrected chi connectivity index (χ0v) is 14.8. The molecular weight excluding hydrogens is 340 g/mol. The van der Waals surface area contributed by atoms with Crippen LogP contribution in [0.4, 0.5) is 0 Å². The maximum absolute atomic E-state index is 12.5. The van der Waals surface area contributed by atoms with Crippen LogP contribution in [-0.2, 0) is 0 Å². The Morgan fingerprint density at radius 1 is 1.32 bits per heavy atom. The van der Waals surface area contributed by atoms with E-state index in [1.165, 1.54) is 6.07 Å². The molecule has 0 aliphatic carbocycles. The van der Waals surface area contributed by atoms with Gasteiger partial charge in [-0.05, 0) is 37.6 Å². The second kappa shape index (κ2) is 7.19. The predicted octanol–water partition coefficient (Wildman–Crippen LogP) is 5.10. The first kappa shape index (κ1) is 17.4. The number of ether oxygens (including phenoxy) is 2. The molecule has 0 bridgehead atoms. The fourth-order valence-electron chi connectivity index (χ4n) is 2.67. The Morgan fingerprint density at radius 3 is 2.72 bits per heavy atom. The smallest absolute Gasteiger partial charge is 0.174 e. The van der Waals surface area contributed by atoms with Gasteiger partial charge in [-0.2, -0.15) is 0 Å². The molecule has 5 heteroatoms. The molecule has 3 rings (SSSR count). The van der Waals surface area contributed by atoms with E-state index in [0.717, 1.165) is 11.1 Å². The summed E-state index contributed by atoms with van der Waals surface area (Å²) in [4.78, 5) is 12.5. The van der Waals surface area contributed by atoms with Crippen LogP contribution in [0.2, 0.25) is 5.02 Å². The second-order valence-electron chi connectivity index (χ2n) is 6.19. The van der Waals surface area contributed by atoms with Gasteiger partial charge in [0.1, 0.15) is 35.5 Å². The number of fused-ring (bicyclic) bond motifs is 1. The molecule has 2 aromatic carbocycles. The Kier molecular flexibility index (Phi) is 5.00. The van der Waals surface area contributed by atoms with Gasteiger partial charge in [0.15, 0.2) is 5.78 Å². The van der Waals surface area contributed by atoms with Crippen LogP contribution in [0.3, 0.4) is 0 Å². The largest absolute Gasteiger partial charge is 0.507 e. The van der Waals surface area contributed by atoms with E-state index in [9.17, 15) is 9.90 Å². The number of halogens is 1. The van der Waals surface area contributed by atoms with Crippen LogP contribution < -0.4 is 9.47 Å². The molecule has 1 aliphatic rings. The van der Waals surface area contributed by atoms with Crippen LogP contribution in [0.15, 0.2) is 48.0 Å². The zero-order valence-electron chi connectivity index (χ0n) is 14.1. The van der Waals surface area contributed by atoms with Crippen LogP contribution in [0.1, 0.15) is 42.3 Å². The van der Waals surface area contributed by atoms with Crippen molar-refractivity contribution in [2.24, 2.45) is 0 Å². The highest BCUT2D eigenvalue weighted by Crippen LogP contribution is 2.42. The van der Waals surface area contributed by atoms with Gasteiger partial charge in [0.25, 0.3) is 0 Å². The molecule has 130 valence electrons. The Morgan fingerprint density at radius 2 is 2.04 bits per heavy atom. The molecule has 1 aliphatic heterocycles. The van der Waals surface area contributed by atoms with Gasteiger partial charge in [-0.15, -0.1) is 0 Å². The minimum Gasteiger partial charge on any atom is -0.507 e.